The van der Waals surface area contributed by atoms with E-state index < -0.39 is 0 Å². The van der Waals surface area contributed by atoms with Crippen molar-refractivity contribution >= 4 is 5.78 Å². The molecule has 0 aromatic heterocycles. The van der Waals surface area contributed by atoms with Gasteiger partial charge in [0.2, 0.25) is 0 Å². The second-order valence-electron chi connectivity index (χ2n) is 7.62. The van der Waals surface area contributed by atoms with Gasteiger partial charge in [-0.25, -0.2) is 0 Å². The van der Waals surface area contributed by atoms with Gasteiger partial charge < -0.3 is 15.1 Å². The number of hydrogen-bond donors (Lipinski definition) is 1. The van der Waals surface area contributed by atoms with Gasteiger partial charge in [-0.15, -0.1) is 0 Å². The van der Waals surface area contributed by atoms with Gasteiger partial charge in [0, 0.05) is 45.8 Å². The zero-order valence-corrected chi connectivity index (χ0v) is 17.2. The number of Topliss-reactive ketones (excluding diaryl/α,β-unsaturated/α-hetero) is 1. The first-order chi connectivity index (χ1) is 12.1. The number of likely N-dealkylation sites (N-methyl/N-ethyl adjacent to an activating group) is 1. The molecule has 2 heterocycles. The van der Waals surface area contributed by atoms with E-state index in [1.54, 1.807) is 6.92 Å². The first kappa shape index (κ1) is 22.6. The molecule has 0 saturated carbocycles. The van der Waals surface area contributed by atoms with Gasteiger partial charge in [0.1, 0.15) is 5.78 Å². The summed E-state index contributed by atoms with van der Waals surface area (Å²) in [5.41, 5.74) is 0. The Kier molecular flexibility index (Phi) is 12.3. The summed E-state index contributed by atoms with van der Waals surface area (Å²) in [4.78, 5) is 18.7. The molecule has 1 N–H and O–H groups in total. The lowest BCUT2D eigenvalue weighted by Crippen LogP contribution is -2.49. The van der Waals surface area contributed by atoms with Crippen LogP contribution in [0.25, 0.3) is 0 Å². The topological polar surface area (TPSA) is 38.8 Å². The molecule has 0 amide bonds. The summed E-state index contributed by atoms with van der Waals surface area (Å²) in [6.45, 7) is 20.3. The van der Waals surface area contributed by atoms with E-state index in [-0.39, 0.29) is 0 Å². The fourth-order valence-corrected chi connectivity index (χ4v) is 3.62. The predicted octanol–water partition coefficient (Wildman–Crippen LogP) is 1.93. The summed E-state index contributed by atoms with van der Waals surface area (Å²) in [6, 6.07) is 0. The Morgan fingerprint density at radius 2 is 1.48 bits per heavy atom. The van der Waals surface area contributed by atoms with Crippen LogP contribution >= 0.6 is 0 Å². The molecule has 5 nitrogen and oxygen atoms in total. The third-order valence-electron chi connectivity index (χ3n) is 4.99. The predicted molar refractivity (Wildman–Crippen MR) is 107 cm³/mol. The highest BCUT2D eigenvalue weighted by atomic mass is 16.1. The van der Waals surface area contributed by atoms with Crippen molar-refractivity contribution in [1.82, 2.24) is 20.0 Å². The number of nitrogens with one attached hydrogen (secondary N) is 1. The van der Waals surface area contributed by atoms with E-state index in [4.69, 9.17) is 0 Å². The second kappa shape index (κ2) is 13.7. The highest BCUT2D eigenvalue weighted by Crippen LogP contribution is 2.18. The molecule has 0 aromatic carbocycles. The van der Waals surface area contributed by atoms with Crippen LogP contribution in [0.1, 0.15) is 47.0 Å². The van der Waals surface area contributed by atoms with Crippen molar-refractivity contribution < 1.29 is 4.79 Å². The highest BCUT2D eigenvalue weighted by Gasteiger charge is 2.23. The maximum Gasteiger partial charge on any atom is 0.143 e. The van der Waals surface area contributed by atoms with Crippen LogP contribution in [0.2, 0.25) is 0 Å². The molecule has 0 spiro atoms. The lowest BCUT2D eigenvalue weighted by molar-refractivity contribution is -0.118. The molecule has 0 aliphatic carbocycles. The van der Waals surface area contributed by atoms with Crippen molar-refractivity contribution in [3.63, 3.8) is 0 Å². The molecule has 0 aromatic rings. The Morgan fingerprint density at radius 3 is 2.00 bits per heavy atom. The number of piperidine rings is 1. The quantitative estimate of drug-likeness (QED) is 0.675. The number of rotatable bonds is 8. The lowest BCUT2D eigenvalue weighted by atomic mass is 9.96. The molecular formula is C20H42N4O. The van der Waals surface area contributed by atoms with E-state index in [1.807, 2.05) is 0 Å². The molecule has 0 atom stereocenters. The molecule has 148 valence electrons. The van der Waals surface area contributed by atoms with Crippen LogP contribution < -0.4 is 5.32 Å². The summed E-state index contributed by atoms with van der Waals surface area (Å²) >= 11 is 0. The van der Waals surface area contributed by atoms with E-state index in [2.05, 4.69) is 40.8 Å². The Morgan fingerprint density at radius 1 is 0.920 bits per heavy atom. The number of ketones is 1. The van der Waals surface area contributed by atoms with Crippen LogP contribution in [0.3, 0.4) is 0 Å². The minimum absolute atomic E-state index is 0.290. The molecule has 25 heavy (non-hydrogen) atoms. The van der Waals surface area contributed by atoms with Gasteiger partial charge in [0.15, 0.2) is 0 Å². The van der Waals surface area contributed by atoms with Gasteiger partial charge in [0.25, 0.3) is 0 Å². The Bertz CT molecular complexity index is 335. The fourth-order valence-electron chi connectivity index (χ4n) is 3.62. The molecule has 0 bridgehead atoms. The number of likely N-dealkylation sites (tertiary alicyclic amines) is 1. The Labute approximate surface area is 156 Å². The number of nitrogens with zero attached hydrogens (tertiary/aromatic N) is 3. The standard InChI is InChI=1S/C17H34N4O.C3H8/c1-3-18-6-9-19-7-4-17(5-8-19)15-21-12-10-20(11-13-21)14-16(2)22;1-3-2/h17-18H,3-15H2,1-2H3;3H2,1-2H3. The van der Waals surface area contributed by atoms with Crippen LogP contribution in [0.5, 0.6) is 0 Å². The summed E-state index contributed by atoms with van der Waals surface area (Å²) < 4.78 is 0. The molecule has 2 rings (SSSR count). The third-order valence-corrected chi connectivity index (χ3v) is 4.99. The number of carbonyl (C=O) groups excluding carboxylic acids is 1. The normalized spacial score (nSPS) is 21.0. The number of piperazine rings is 1. The smallest absolute Gasteiger partial charge is 0.143 e. The van der Waals surface area contributed by atoms with E-state index in [0.29, 0.717) is 12.3 Å². The van der Waals surface area contributed by atoms with Crippen molar-refractivity contribution in [2.24, 2.45) is 5.92 Å². The van der Waals surface area contributed by atoms with Crippen LogP contribution in [0.15, 0.2) is 0 Å². The van der Waals surface area contributed by atoms with E-state index in [1.165, 1.54) is 45.4 Å². The first-order valence-corrected chi connectivity index (χ1v) is 10.5. The van der Waals surface area contributed by atoms with Crippen molar-refractivity contribution in [2.45, 2.75) is 47.0 Å². The molecule has 2 saturated heterocycles. The molecule has 5 heteroatoms. The molecule has 0 radical (unpaired) electrons. The van der Waals surface area contributed by atoms with Crippen molar-refractivity contribution in [3.05, 3.63) is 0 Å². The first-order valence-electron chi connectivity index (χ1n) is 10.5. The molecule has 2 aliphatic heterocycles. The van der Waals surface area contributed by atoms with Crippen LogP contribution in [-0.4, -0.2) is 92.5 Å². The lowest BCUT2D eigenvalue weighted by Gasteiger charge is -2.38. The Balaban J connectivity index is 0.000000970. The van der Waals surface area contributed by atoms with E-state index in [9.17, 15) is 4.79 Å². The zero-order valence-electron chi connectivity index (χ0n) is 17.2. The van der Waals surface area contributed by atoms with E-state index >= 15 is 0 Å². The number of carbonyl (C=O) groups is 1. The third kappa shape index (κ3) is 10.3. The zero-order chi connectivity index (χ0) is 18.5. The van der Waals surface area contributed by atoms with Crippen molar-refractivity contribution in [2.75, 3.05) is 72.0 Å². The van der Waals surface area contributed by atoms with Gasteiger partial charge in [-0.3, -0.25) is 9.69 Å². The fraction of sp³-hybridized carbons (Fsp3) is 0.950. The maximum atomic E-state index is 11.2. The average molecular weight is 355 g/mol. The highest BCUT2D eigenvalue weighted by molar-refractivity contribution is 5.77. The van der Waals surface area contributed by atoms with Crippen molar-refractivity contribution in [1.29, 1.82) is 0 Å². The summed E-state index contributed by atoms with van der Waals surface area (Å²) in [7, 11) is 0. The van der Waals surface area contributed by atoms with Crippen LogP contribution in [0, 0.1) is 5.92 Å². The largest absolute Gasteiger partial charge is 0.316 e. The molecular weight excluding hydrogens is 312 g/mol. The molecule has 2 aliphatic rings. The van der Waals surface area contributed by atoms with E-state index in [0.717, 1.165) is 45.2 Å². The second-order valence-corrected chi connectivity index (χ2v) is 7.62. The summed E-state index contributed by atoms with van der Waals surface area (Å²) in [5.74, 6) is 1.16. The van der Waals surface area contributed by atoms with Gasteiger partial charge in [-0.05, 0) is 45.3 Å². The van der Waals surface area contributed by atoms with Gasteiger partial charge >= 0.3 is 0 Å². The Hall–Kier alpha value is -0.490. The summed E-state index contributed by atoms with van der Waals surface area (Å²) in [6.07, 6.45) is 3.94. The van der Waals surface area contributed by atoms with Crippen LogP contribution in [0.4, 0.5) is 0 Å². The van der Waals surface area contributed by atoms with Crippen molar-refractivity contribution in [3.8, 4) is 0 Å². The molecule has 0 unspecified atom stereocenters. The van der Waals surface area contributed by atoms with Gasteiger partial charge in [0.05, 0.1) is 6.54 Å². The maximum absolute atomic E-state index is 11.2. The minimum Gasteiger partial charge on any atom is -0.316 e. The van der Waals surface area contributed by atoms with Gasteiger partial charge in [-0.1, -0.05) is 27.2 Å². The molecule has 2 fully saturated rings. The summed E-state index contributed by atoms with van der Waals surface area (Å²) in [5, 5.41) is 3.41. The number of hydrogen-bond acceptors (Lipinski definition) is 5. The monoisotopic (exact) mass is 354 g/mol. The SMILES string of the molecule is CCC.CCNCCN1CCC(CN2CCN(CC(C)=O)CC2)CC1. The average Bonchev–Trinajstić information content (AvgIpc) is 2.59. The van der Waals surface area contributed by atoms with Gasteiger partial charge in [-0.2, -0.15) is 0 Å². The minimum atomic E-state index is 0.290. The van der Waals surface area contributed by atoms with Crippen LogP contribution in [-0.2, 0) is 4.79 Å².